The van der Waals surface area contributed by atoms with Crippen LogP contribution in [-0.4, -0.2) is 5.11 Å². The zero-order chi connectivity index (χ0) is 13.4. The minimum atomic E-state index is -0.672. The van der Waals surface area contributed by atoms with E-state index in [0.717, 1.165) is 0 Å². The number of halogens is 1. The lowest BCUT2D eigenvalue weighted by Gasteiger charge is -2.23. The van der Waals surface area contributed by atoms with E-state index in [-0.39, 0.29) is 5.82 Å². The summed E-state index contributed by atoms with van der Waals surface area (Å²) in [4.78, 5) is 1.99. The second kappa shape index (κ2) is 4.67. The first kappa shape index (κ1) is 12.2. The van der Waals surface area contributed by atoms with Gasteiger partial charge in [-0.3, -0.25) is 0 Å². The molecule has 0 spiro atoms. The highest BCUT2D eigenvalue weighted by Crippen LogP contribution is 2.35. The van der Waals surface area contributed by atoms with Crippen LogP contribution in [0.25, 0.3) is 0 Å². The van der Waals surface area contributed by atoms with Crippen molar-refractivity contribution in [3.8, 4) is 0 Å². The van der Waals surface area contributed by atoms with E-state index in [9.17, 15) is 9.50 Å². The molecular weight excluding hydrogens is 241 g/mol. The summed E-state index contributed by atoms with van der Waals surface area (Å²) in [6.45, 7) is 3.05. The van der Waals surface area contributed by atoms with E-state index < -0.39 is 6.10 Å². The topological polar surface area (TPSA) is 23.5 Å². The monoisotopic (exact) mass is 257 g/mol. The molecular formula is C16H16FNO. The molecule has 1 aliphatic rings. The number of fused-ring (bicyclic) bond motifs is 1. The molecule has 0 unspecified atom stereocenters. The fraction of sp³-hybridized carbons (Fsp3) is 0.250. The van der Waals surface area contributed by atoms with Gasteiger partial charge in [0.25, 0.3) is 0 Å². The maximum Gasteiger partial charge on any atom is 0.146 e. The largest absolute Gasteiger partial charge is 0.389 e. The standard InChI is InChI=1S/C16H16FNO/c1-11(19)14-7-4-8-15(17)16(14)18-9-12-5-2-3-6-13(12)10-18/h2-8,11,19H,9-10H2,1H3/t11-/m1/s1. The number of aliphatic hydroxyl groups is 1. The van der Waals surface area contributed by atoms with Gasteiger partial charge in [-0.15, -0.1) is 0 Å². The summed E-state index contributed by atoms with van der Waals surface area (Å²) in [7, 11) is 0. The van der Waals surface area contributed by atoms with Gasteiger partial charge in [-0.05, 0) is 24.1 Å². The number of nitrogens with zero attached hydrogens (tertiary/aromatic N) is 1. The fourth-order valence-corrected chi connectivity index (χ4v) is 2.69. The molecule has 3 heteroatoms. The molecule has 2 nitrogen and oxygen atoms in total. The van der Waals surface area contributed by atoms with Gasteiger partial charge < -0.3 is 10.0 Å². The lowest BCUT2D eigenvalue weighted by molar-refractivity contribution is 0.199. The van der Waals surface area contributed by atoms with E-state index in [2.05, 4.69) is 12.1 Å². The highest BCUT2D eigenvalue weighted by Gasteiger charge is 2.24. The molecule has 1 aliphatic heterocycles. The Morgan fingerprint density at radius 1 is 1.05 bits per heavy atom. The Balaban J connectivity index is 2.01. The Morgan fingerprint density at radius 3 is 2.26 bits per heavy atom. The van der Waals surface area contributed by atoms with Crippen LogP contribution in [0.2, 0.25) is 0 Å². The van der Waals surface area contributed by atoms with Gasteiger partial charge in [-0.1, -0.05) is 36.4 Å². The summed E-state index contributed by atoms with van der Waals surface area (Å²) in [6.07, 6.45) is -0.672. The minimum Gasteiger partial charge on any atom is -0.389 e. The Kier molecular flexibility index (Phi) is 2.99. The third-order valence-corrected chi connectivity index (χ3v) is 3.63. The van der Waals surface area contributed by atoms with Crippen molar-refractivity contribution in [3.63, 3.8) is 0 Å². The van der Waals surface area contributed by atoms with Crippen LogP contribution < -0.4 is 4.90 Å². The van der Waals surface area contributed by atoms with Gasteiger partial charge >= 0.3 is 0 Å². The molecule has 0 amide bonds. The van der Waals surface area contributed by atoms with Crippen LogP contribution in [0.3, 0.4) is 0 Å². The first-order valence-corrected chi connectivity index (χ1v) is 6.45. The number of benzene rings is 2. The van der Waals surface area contributed by atoms with E-state index >= 15 is 0 Å². The molecule has 0 radical (unpaired) electrons. The number of rotatable bonds is 2. The second-order valence-corrected chi connectivity index (χ2v) is 4.98. The molecule has 0 fully saturated rings. The van der Waals surface area contributed by atoms with Crippen LogP contribution in [0.4, 0.5) is 10.1 Å². The van der Waals surface area contributed by atoms with Gasteiger partial charge in [0.15, 0.2) is 0 Å². The molecule has 0 saturated heterocycles. The Bertz CT molecular complexity index is 584. The van der Waals surface area contributed by atoms with Crippen molar-refractivity contribution in [2.75, 3.05) is 4.90 Å². The van der Waals surface area contributed by atoms with Gasteiger partial charge in [-0.2, -0.15) is 0 Å². The number of anilines is 1. The molecule has 3 rings (SSSR count). The Morgan fingerprint density at radius 2 is 1.68 bits per heavy atom. The summed E-state index contributed by atoms with van der Waals surface area (Å²) in [5, 5.41) is 9.81. The van der Waals surface area contributed by atoms with Crippen LogP contribution in [0, 0.1) is 5.82 Å². The smallest absolute Gasteiger partial charge is 0.146 e. The van der Waals surface area contributed by atoms with E-state index in [1.165, 1.54) is 17.2 Å². The second-order valence-electron chi connectivity index (χ2n) is 4.98. The minimum absolute atomic E-state index is 0.272. The molecule has 1 N–H and O–H groups in total. The number of aliphatic hydroxyl groups excluding tert-OH is 1. The predicted octanol–water partition coefficient (Wildman–Crippen LogP) is 3.40. The molecule has 0 aromatic heterocycles. The van der Waals surface area contributed by atoms with Crippen LogP contribution in [0.5, 0.6) is 0 Å². The van der Waals surface area contributed by atoms with E-state index in [0.29, 0.717) is 24.3 Å². The van der Waals surface area contributed by atoms with Crippen molar-refractivity contribution in [2.24, 2.45) is 0 Å². The van der Waals surface area contributed by atoms with Gasteiger partial charge in [0.2, 0.25) is 0 Å². The summed E-state index contributed by atoms with van der Waals surface area (Å²) >= 11 is 0. The van der Waals surface area contributed by atoms with E-state index in [1.54, 1.807) is 19.1 Å². The molecule has 0 bridgehead atoms. The predicted molar refractivity (Wildman–Crippen MR) is 73.4 cm³/mol. The van der Waals surface area contributed by atoms with Gasteiger partial charge in [0.05, 0.1) is 11.8 Å². The summed E-state index contributed by atoms with van der Waals surface area (Å²) in [6, 6.07) is 13.0. The van der Waals surface area contributed by atoms with Crippen molar-refractivity contribution >= 4 is 5.69 Å². The third kappa shape index (κ3) is 2.10. The SMILES string of the molecule is C[C@@H](O)c1cccc(F)c1N1Cc2ccccc2C1. The first-order valence-electron chi connectivity index (χ1n) is 6.45. The maximum atomic E-state index is 14.1. The van der Waals surface area contributed by atoms with Crippen molar-refractivity contribution in [3.05, 3.63) is 65.0 Å². The quantitative estimate of drug-likeness (QED) is 0.891. The summed E-state index contributed by atoms with van der Waals surface area (Å²) in [5.41, 5.74) is 3.62. The lowest BCUT2D eigenvalue weighted by Crippen LogP contribution is -2.18. The van der Waals surface area contributed by atoms with Crippen LogP contribution >= 0.6 is 0 Å². The maximum absolute atomic E-state index is 14.1. The van der Waals surface area contributed by atoms with Crippen LogP contribution in [-0.2, 0) is 13.1 Å². The molecule has 0 saturated carbocycles. The lowest BCUT2D eigenvalue weighted by atomic mass is 10.1. The fourth-order valence-electron chi connectivity index (χ4n) is 2.69. The van der Waals surface area contributed by atoms with Gasteiger partial charge in [0, 0.05) is 18.7 Å². The van der Waals surface area contributed by atoms with Crippen molar-refractivity contribution in [2.45, 2.75) is 26.1 Å². The van der Waals surface area contributed by atoms with Crippen molar-refractivity contribution in [1.82, 2.24) is 0 Å². The Labute approximate surface area is 112 Å². The zero-order valence-electron chi connectivity index (χ0n) is 10.8. The molecule has 2 aromatic rings. The molecule has 98 valence electrons. The molecule has 1 atom stereocenters. The summed E-state index contributed by atoms with van der Waals surface area (Å²) in [5.74, 6) is -0.272. The van der Waals surface area contributed by atoms with Crippen LogP contribution in [0.15, 0.2) is 42.5 Å². The van der Waals surface area contributed by atoms with Gasteiger partial charge in [-0.25, -0.2) is 4.39 Å². The zero-order valence-corrected chi connectivity index (χ0v) is 10.8. The Hall–Kier alpha value is -1.87. The average Bonchev–Trinajstić information content (AvgIpc) is 2.81. The average molecular weight is 257 g/mol. The molecule has 19 heavy (non-hydrogen) atoms. The van der Waals surface area contributed by atoms with E-state index in [1.807, 2.05) is 17.0 Å². The summed E-state index contributed by atoms with van der Waals surface area (Å²) < 4.78 is 14.1. The number of hydrogen-bond donors (Lipinski definition) is 1. The molecule has 0 aliphatic carbocycles. The highest BCUT2D eigenvalue weighted by molar-refractivity contribution is 5.58. The number of hydrogen-bond acceptors (Lipinski definition) is 2. The first-order chi connectivity index (χ1) is 9.16. The van der Waals surface area contributed by atoms with Crippen molar-refractivity contribution in [1.29, 1.82) is 0 Å². The molecule has 2 aromatic carbocycles. The molecule has 1 heterocycles. The normalized spacial score (nSPS) is 15.4. The van der Waals surface area contributed by atoms with Crippen LogP contribution in [0.1, 0.15) is 29.7 Å². The number of para-hydroxylation sites is 1. The third-order valence-electron chi connectivity index (χ3n) is 3.63. The van der Waals surface area contributed by atoms with Crippen molar-refractivity contribution < 1.29 is 9.50 Å². The van der Waals surface area contributed by atoms with Gasteiger partial charge in [0.1, 0.15) is 5.82 Å². The van der Waals surface area contributed by atoms with E-state index in [4.69, 9.17) is 0 Å². The highest BCUT2D eigenvalue weighted by atomic mass is 19.1.